The van der Waals surface area contributed by atoms with Gasteiger partial charge in [-0.3, -0.25) is 4.98 Å². The SMILES string of the molecule is Cc1cccnc1CNS(=O)(=O)c1ccc(OCC(F)F)cc1. The lowest BCUT2D eigenvalue weighted by molar-refractivity contribution is 0.0819. The van der Waals surface area contributed by atoms with E-state index in [1.807, 2.05) is 13.0 Å². The molecule has 1 N–H and O–H groups in total. The standard InChI is InChI=1S/C15H16F2N2O3S/c1-11-3-2-8-18-14(11)9-19-23(20,21)13-6-4-12(5-7-13)22-10-15(16)17/h2-8,15,19H,9-10H2,1H3. The molecule has 23 heavy (non-hydrogen) atoms. The van der Waals surface area contributed by atoms with Crippen molar-refractivity contribution >= 4 is 10.0 Å². The summed E-state index contributed by atoms with van der Waals surface area (Å²) in [7, 11) is -3.72. The van der Waals surface area contributed by atoms with Gasteiger partial charge in [-0.05, 0) is 42.8 Å². The Morgan fingerprint density at radius 1 is 1.22 bits per heavy atom. The Balaban J connectivity index is 2.03. The van der Waals surface area contributed by atoms with Gasteiger partial charge in [-0.25, -0.2) is 21.9 Å². The van der Waals surface area contributed by atoms with Crippen LogP contribution in [0, 0.1) is 6.92 Å². The zero-order chi connectivity index (χ0) is 16.9. The highest BCUT2D eigenvalue weighted by Crippen LogP contribution is 2.17. The molecule has 124 valence electrons. The van der Waals surface area contributed by atoms with Gasteiger partial charge >= 0.3 is 0 Å². The minimum Gasteiger partial charge on any atom is -0.488 e. The third kappa shape index (κ3) is 4.97. The molecule has 0 amide bonds. The van der Waals surface area contributed by atoms with Crippen molar-refractivity contribution < 1.29 is 21.9 Å². The van der Waals surface area contributed by atoms with Crippen molar-refractivity contribution in [3.8, 4) is 5.75 Å². The Morgan fingerprint density at radius 3 is 2.52 bits per heavy atom. The highest BCUT2D eigenvalue weighted by atomic mass is 32.2. The van der Waals surface area contributed by atoms with Crippen molar-refractivity contribution in [2.45, 2.75) is 24.8 Å². The molecule has 0 bridgehead atoms. The average molecular weight is 342 g/mol. The molecule has 0 radical (unpaired) electrons. The highest BCUT2D eigenvalue weighted by Gasteiger charge is 2.15. The van der Waals surface area contributed by atoms with E-state index >= 15 is 0 Å². The molecule has 5 nitrogen and oxygen atoms in total. The lowest BCUT2D eigenvalue weighted by atomic mass is 10.2. The van der Waals surface area contributed by atoms with E-state index in [1.54, 1.807) is 12.3 Å². The fourth-order valence-corrected chi connectivity index (χ4v) is 2.81. The van der Waals surface area contributed by atoms with Crippen molar-refractivity contribution in [2.24, 2.45) is 0 Å². The molecule has 1 aromatic carbocycles. The van der Waals surface area contributed by atoms with Crippen LogP contribution < -0.4 is 9.46 Å². The first kappa shape index (κ1) is 17.3. The number of rotatable bonds is 7. The first-order valence-electron chi connectivity index (χ1n) is 6.79. The third-order valence-electron chi connectivity index (χ3n) is 3.06. The quantitative estimate of drug-likeness (QED) is 0.839. The normalized spacial score (nSPS) is 11.7. The van der Waals surface area contributed by atoms with Gasteiger partial charge in [0, 0.05) is 6.20 Å². The van der Waals surface area contributed by atoms with Gasteiger partial charge in [-0.15, -0.1) is 0 Å². The monoisotopic (exact) mass is 342 g/mol. The third-order valence-corrected chi connectivity index (χ3v) is 4.47. The summed E-state index contributed by atoms with van der Waals surface area (Å²) >= 11 is 0. The summed E-state index contributed by atoms with van der Waals surface area (Å²) < 4.78 is 55.7. The number of pyridine rings is 1. The second kappa shape index (κ2) is 7.47. The number of benzene rings is 1. The van der Waals surface area contributed by atoms with Gasteiger partial charge in [-0.1, -0.05) is 6.07 Å². The van der Waals surface area contributed by atoms with Crippen LogP contribution in [0.3, 0.4) is 0 Å². The van der Waals surface area contributed by atoms with E-state index in [-0.39, 0.29) is 17.2 Å². The second-order valence-electron chi connectivity index (χ2n) is 4.77. The smallest absolute Gasteiger partial charge is 0.272 e. The fourth-order valence-electron chi connectivity index (χ4n) is 1.82. The summed E-state index contributed by atoms with van der Waals surface area (Å²) in [4.78, 5) is 4.14. The first-order valence-corrected chi connectivity index (χ1v) is 8.28. The molecule has 8 heteroatoms. The Morgan fingerprint density at radius 2 is 1.91 bits per heavy atom. The maximum Gasteiger partial charge on any atom is 0.272 e. The predicted octanol–water partition coefficient (Wildman–Crippen LogP) is 2.51. The number of nitrogens with zero attached hydrogens (tertiary/aromatic N) is 1. The summed E-state index contributed by atoms with van der Waals surface area (Å²) in [6, 6.07) is 8.88. The van der Waals surface area contributed by atoms with Gasteiger partial charge in [0.1, 0.15) is 12.4 Å². The van der Waals surface area contributed by atoms with Gasteiger partial charge < -0.3 is 4.74 Å². The number of alkyl halides is 2. The first-order chi connectivity index (χ1) is 10.9. The molecule has 0 saturated heterocycles. The van der Waals surface area contributed by atoms with Crippen LogP contribution in [0.25, 0.3) is 0 Å². The van der Waals surface area contributed by atoms with E-state index in [0.717, 1.165) is 5.56 Å². The molecule has 0 aliphatic carbocycles. The largest absolute Gasteiger partial charge is 0.488 e. The number of nitrogens with one attached hydrogen (secondary N) is 1. The van der Waals surface area contributed by atoms with Gasteiger partial charge in [0.2, 0.25) is 10.0 Å². The molecule has 2 rings (SSSR count). The van der Waals surface area contributed by atoms with Crippen molar-refractivity contribution in [1.29, 1.82) is 0 Å². The fraction of sp³-hybridized carbons (Fsp3) is 0.267. The molecule has 0 aliphatic heterocycles. The van der Waals surface area contributed by atoms with E-state index < -0.39 is 23.1 Å². The maximum absolute atomic E-state index is 12.2. The van der Waals surface area contributed by atoms with E-state index in [9.17, 15) is 17.2 Å². The van der Waals surface area contributed by atoms with Crippen LogP contribution in [0.4, 0.5) is 8.78 Å². The molecular weight excluding hydrogens is 326 g/mol. The minimum absolute atomic E-state index is 0.0236. The van der Waals surface area contributed by atoms with Gasteiger partial charge in [0.25, 0.3) is 6.43 Å². The minimum atomic E-state index is -3.72. The summed E-state index contributed by atoms with van der Waals surface area (Å²) in [5.74, 6) is 0.185. The van der Waals surface area contributed by atoms with Crippen molar-refractivity contribution in [2.75, 3.05) is 6.61 Å². The Kier molecular flexibility index (Phi) is 5.62. The summed E-state index contributed by atoms with van der Waals surface area (Å²) in [6.07, 6.45) is -0.993. The number of aryl methyl sites for hydroxylation is 1. The molecule has 0 saturated carbocycles. The van der Waals surface area contributed by atoms with Crippen molar-refractivity contribution in [3.05, 3.63) is 53.9 Å². The lowest BCUT2D eigenvalue weighted by Crippen LogP contribution is -2.24. The summed E-state index contributed by atoms with van der Waals surface area (Å²) in [6.45, 7) is 1.17. The summed E-state index contributed by atoms with van der Waals surface area (Å²) in [5.41, 5.74) is 1.51. The van der Waals surface area contributed by atoms with Crippen LogP contribution in [0.15, 0.2) is 47.5 Å². The number of hydrogen-bond donors (Lipinski definition) is 1. The van der Waals surface area contributed by atoms with E-state index in [1.165, 1.54) is 24.3 Å². The molecular formula is C15H16F2N2O3S. The molecule has 0 atom stereocenters. The Bertz CT molecular complexity index is 750. The molecule has 1 aromatic heterocycles. The number of ether oxygens (including phenoxy) is 1. The Labute approximate surface area is 133 Å². The zero-order valence-electron chi connectivity index (χ0n) is 12.4. The van der Waals surface area contributed by atoms with Crippen molar-refractivity contribution in [3.63, 3.8) is 0 Å². The van der Waals surface area contributed by atoms with Crippen LogP contribution in [0.1, 0.15) is 11.3 Å². The molecule has 0 spiro atoms. The van der Waals surface area contributed by atoms with Crippen LogP contribution in [-0.4, -0.2) is 26.4 Å². The molecule has 1 heterocycles. The van der Waals surface area contributed by atoms with E-state index in [4.69, 9.17) is 4.74 Å². The second-order valence-corrected chi connectivity index (χ2v) is 6.53. The number of sulfonamides is 1. The topological polar surface area (TPSA) is 68.3 Å². The lowest BCUT2D eigenvalue weighted by Gasteiger charge is -2.09. The molecule has 2 aromatic rings. The van der Waals surface area contributed by atoms with Crippen LogP contribution in [-0.2, 0) is 16.6 Å². The number of aromatic nitrogens is 1. The summed E-state index contributed by atoms with van der Waals surface area (Å²) in [5, 5.41) is 0. The maximum atomic E-state index is 12.2. The predicted molar refractivity (Wildman–Crippen MR) is 80.9 cm³/mol. The van der Waals surface area contributed by atoms with Crippen LogP contribution in [0.5, 0.6) is 5.75 Å². The molecule has 0 aliphatic rings. The van der Waals surface area contributed by atoms with E-state index in [0.29, 0.717) is 5.69 Å². The van der Waals surface area contributed by atoms with E-state index in [2.05, 4.69) is 9.71 Å². The highest BCUT2D eigenvalue weighted by molar-refractivity contribution is 7.89. The Hall–Kier alpha value is -2.06. The van der Waals surface area contributed by atoms with Crippen molar-refractivity contribution in [1.82, 2.24) is 9.71 Å². The van der Waals surface area contributed by atoms with Gasteiger partial charge in [0.05, 0.1) is 17.1 Å². The van der Waals surface area contributed by atoms with Gasteiger partial charge in [0.15, 0.2) is 0 Å². The molecule has 0 unspecified atom stereocenters. The number of halogens is 2. The number of hydrogen-bond acceptors (Lipinski definition) is 4. The average Bonchev–Trinajstić information content (AvgIpc) is 2.52. The van der Waals surface area contributed by atoms with Crippen LogP contribution in [0.2, 0.25) is 0 Å². The van der Waals surface area contributed by atoms with Gasteiger partial charge in [-0.2, -0.15) is 0 Å². The zero-order valence-corrected chi connectivity index (χ0v) is 13.2. The molecule has 0 fully saturated rings. The van der Waals surface area contributed by atoms with Crippen LogP contribution >= 0.6 is 0 Å².